The summed E-state index contributed by atoms with van der Waals surface area (Å²) in [5.41, 5.74) is 2.37. The van der Waals surface area contributed by atoms with Crippen LogP contribution in [0.3, 0.4) is 0 Å². The van der Waals surface area contributed by atoms with Gasteiger partial charge < -0.3 is 0 Å². The lowest BCUT2D eigenvalue weighted by Gasteiger charge is -1.99. The minimum absolute atomic E-state index is 0.108. The van der Waals surface area contributed by atoms with Gasteiger partial charge in [0.2, 0.25) is 0 Å². The summed E-state index contributed by atoms with van der Waals surface area (Å²) < 4.78 is 0. The molecule has 0 amide bonds. The summed E-state index contributed by atoms with van der Waals surface area (Å²) in [4.78, 5) is 13.3. The summed E-state index contributed by atoms with van der Waals surface area (Å²) in [5, 5.41) is 9.91. The molecule has 0 fully saturated rings. The van der Waals surface area contributed by atoms with E-state index in [-0.39, 0.29) is 5.78 Å². The number of ketones is 1. The van der Waals surface area contributed by atoms with E-state index < -0.39 is 0 Å². The van der Waals surface area contributed by atoms with Crippen molar-refractivity contribution in [3.05, 3.63) is 45.4 Å². The van der Waals surface area contributed by atoms with Crippen LogP contribution < -0.4 is 0 Å². The maximum Gasteiger partial charge on any atom is 0.169 e. The zero-order chi connectivity index (χ0) is 13.1. The quantitative estimate of drug-likeness (QED) is 0.791. The SMILES string of the molecule is Cc1ccc(CC(=O)c2csc(C(C)C)c2)nn1. The number of thiophene rings is 1. The molecule has 0 spiro atoms. The Morgan fingerprint density at radius 3 is 2.67 bits per heavy atom. The second-order valence-corrected chi connectivity index (χ2v) is 5.60. The summed E-state index contributed by atoms with van der Waals surface area (Å²) in [7, 11) is 0. The average molecular weight is 260 g/mol. The van der Waals surface area contributed by atoms with Crippen molar-refractivity contribution in [2.45, 2.75) is 33.1 Å². The Hall–Kier alpha value is -1.55. The molecule has 2 heterocycles. The van der Waals surface area contributed by atoms with Crippen LogP contribution in [-0.4, -0.2) is 16.0 Å². The van der Waals surface area contributed by atoms with Gasteiger partial charge in [-0.3, -0.25) is 4.79 Å². The van der Waals surface area contributed by atoms with Crippen LogP contribution in [0.4, 0.5) is 0 Å². The van der Waals surface area contributed by atoms with Gasteiger partial charge in [-0.25, -0.2) is 0 Å². The van der Waals surface area contributed by atoms with Gasteiger partial charge in [-0.1, -0.05) is 13.8 Å². The first-order valence-electron chi connectivity index (χ1n) is 5.97. The largest absolute Gasteiger partial charge is 0.294 e. The minimum Gasteiger partial charge on any atom is -0.294 e. The lowest BCUT2D eigenvalue weighted by atomic mass is 10.1. The van der Waals surface area contributed by atoms with Gasteiger partial charge in [0.25, 0.3) is 0 Å². The molecule has 0 bridgehead atoms. The normalized spacial score (nSPS) is 10.9. The van der Waals surface area contributed by atoms with Gasteiger partial charge >= 0.3 is 0 Å². The predicted molar refractivity (Wildman–Crippen MR) is 73.2 cm³/mol. The molecule has 0 aromatic carbocycles. The molecule has 0 aliphatic carbocycles. The van der Waals surface area contributed by atoms with Gasteiger partial charge in [0.15, 0.2) is 5.78 Å². The number of nitrogens with zero attached hydrogens (tertiary/aromatic N) is 2. The third-order valence-electron chi connectivity index (χ3n) is 2.71. The Labute approximate surface area is 111 Å². The van der Waals surface area contributed by atoms with E-state index in [0.29, 0.717) is 12.3 Å². The highest BCUT2D eigenvalue weighted by molar-refractivity contribution is 7.10. The molecular weight excluding hydrogens is 244 g/mol. The van der Waals surface area contributed by atoms with Crippen LogP contribution >= 0.6 is 11.3 Å². The molecule has 0 N–H and O–H groups in total. The van der Waals surface area contributed by atoms with Crippen molar-refractivity contribution in [1.29, 1.82) is 0 Å². The number of aryl methyl sites for hydroxylation is 1. The van der Waals surface area contributed by atoms with E-state index in [1.807, 2.05) is 30.5 Å². The second-order valence-electron chi connectivity index (χ2n) is 4.66. The molecule has 2 aromatic heterocycles. The lowest BCUT2D eigenvalue weighted by Crippen LogP contribution is -2.05. The summed E-state index contributed by atoms with van der Waals surface area (Å²) in [5.74, 6) is 0.576. The predicted octanol–water partition coefficient (Wildman–Crippen LogP) is 3.40. The molecule has 2 aromatic rings. The fourth-order valence-electron chi connectivity index (χ4n) is 1.59. The highest BCUT2D eigenvalue weighted by atomic mass is 32.1. The fraction of sp³-hybridized carbons (Fsp3) is 0.357. The number of hydrogen-bond donors (Lipinski definition) is 0. The standard InChI is InChI=1S/C14H16N2OS/c1-9(2)14-6-11(8-18-14)13(17)7-12-5-4-10(3)15-16-12/h4-6,8-9H,7H2,1-3H3. The lowest BCUT2D eigenvalue weighted by molar-refractivity contribution is 0.0992. The van der Waals surface area contributed by atoms with Crippen LogP contribution in [0.15, 0.2) is 23.6 Å². The molecule has 0 atom stereocenters. The van der Waals surface area contributed by atoms with E-state index >= 15 is 0 Å². The number of aromatic nitrogens is 2. The summed E-state index contributed by atoms with van der Waals surface area (Å²) in [6.07, 6.45) is 0.321. The Morgan fingerprint density at radius 2 is 2.11 bits per heavy atom. The molecule has 0 saturated heterocycles. The summed E-state index contributed by atoms with van der Waals surface area (Å²) in [6, 6.07) is 5.72. The first-order valence-corrected chi connectivity index (χ1v) is 6.85. The number of Topliss-reactive ketones (excluding diaryl/α,β-unsaturated/α-hetero) is 1. The van der Waals surface area contributed by atoms with E-state index in [9.17, 15) is 4.79 Å². The van der Waals surface area contributed by atoms with Crippen LogP contribution in [0.25, 0.3) is 0 Å². The maximum absolute atomic E-state index is 12.1. The molecule has 0 saturated carbocycles. The number of rotatable bonds is 4. The maximum atomic E-state index is 12.1. The monoisotopic (exact) mass is 260 g/mol. The molecule has 3 nitrogen and oxygen atoms in total. The van der Waals surface area contributed by atoms with Crippen LogP contribution in [0.2, 0.25) is 0 Å². The van der Waals surface area contributed by atoms with Crippen molar-refractivity contribution in [1.82, 2.24) is 10.2 Å². The molecule has 0 radical (unpaired) electrons. The number of carbonyl (C=O) groups is 1. The first kappa shape index (κ1) is 12.9. The Morgan fingerprint density at radius 1 is 1.33 bits per heavy atom. The van der Waals surface area contributed by atoms with Crippen LogP contribution in [0.1, 0.15) is 46.4 Å². The molecular formula is C14H16N2OS. The van der Waals surface area contributed by atoms with Gasteiger partial charge in [0.1, 0.15) is 0 Å². The molecule has 0 aliphatic rings. The van der Waals surface area contributed by atoms with Crippen LogP contribution in [-0.2, 0) is 6.42 Å². The van der Waals surface area contributed by atoms with E-state index in [4.69, 9.17) is 0 Å². The van der Waals surface area contributed by atoms with Crippen LogP contribution in [0.5, 0.6) is 0 Å². The minimum atomic E-state index is 0.108. The smallest absolute Gasteiger partial charge is 0.169 e. The van der Waals surface area contributed by atoms with E-state index in [1.165, 1.54) is 4.88 Å². The third kappa shape index (κ3) is 3.01. The van der Waals surface area contributed by atoms with Crippen molar-refractivity contribution in [2.75, 3.05) is 0 Å². The van der Waals surface area contributed by atoms with Gasteiger partial charge in [-0.05, 0) is 31.0 Å². The van der Waals surface area contributed by atoms with Gasteiger partial charge in [-0.2, -0.15) is 10.2 Å². The molecule has 94 valence electrons. The third-order valence-corrected chi connectivity index (χ3v) is 3.94. The van der Waals surface area contributed by atoms with E-state index in [0.717, 1.165) is 17.0 Å². The van der Waals surface area contributed by atoms with E-state index in [1.54, 1.807) is 11.3 Å². The summed E-state index contributed by atoms with van der Waals surface area (Å²) >= 11 is 1.64. The second kappa shape index (κ2) is 5.40. The van der Waals surface area contributed by atoms with Crippen molar-refractivity contribution < 1.29 is 4.79 Å². The molecule has 18 heavy (non-hydrogen) atoms. The van der Waals surface area contributed by atoms with Crippen molar-refractivity contribution in [2.24, 2.45) is 0 Å². The van der Waals surface area contributed by atoms with Crippen LogP contribution in [0, 0.1) is 6.92 Å². The van der Waals surface area contributed by atoms with Crippen molar-refractivity contribution in [3.8, 4) is 0 Å². The van der Waals surface area contributed by atoms with Gasteiger partial charge in [-0.15, -0.1) is 11.3 Å². The van der Waals surface area contributed by atoms with E-state index in [2.05, 4.69) is 24.0 Å². The number of hydrogen-bond acceptors (Lipinski definition) is 4. The molecule has 0 aliphatic heterocycles. The topological polar surface area (TPSA) is 42.9 Å². The molecule has 0 unspecified atom stereocenters. The zero-order valence-corrected chi connectivity index (χ0v) is 11.6. The number of carbonyl (C=O) groups excluding carboxylic acids is 1. The zero-order valence-electron chi connectivity index (χ0n) is 10.8. The Kier molecular flexibility index (Phi) is 3.87. The highest BCUT2D eigenvalue weighted by Gasteiger charge is 2.12. The average Bonchev–Trinajstić information content (AvgIpc) is 2.81. The van der Waals surface area contributed by atoms with Gasteiger partial charge in [0.05, 0.1) is 17.8 Å². The highest BCUT2D eigenvalue weighted by Crippen LogP contribution is 2.23. The van der Waals surface area contributed by atoms with Crippen molar-refractivity contribution >= 4 is 17.1 Å². The van der Waals surface area contributed by atoms with Gasteiger partial charge in [0, 0.05) is 15.8 Å². The van der Waals surface area contributed by atoms with Crippen molar-refractivity contribution in [3.63, 3.8) is 0 Å². The Bertz CT molecular complexity index is 543. The molecule has 4 heteroatoms. The molecule has 2 rings (SSSR count). The summed E-state index contributed by atoms with van der Waals surface area (Å²) in [6.45, 7) is 6.14. The first-order chi connectivity index (χ1) is 8.56. The fourth-order valence-corrected chi connectivity index (χ4v) is 2.52. The Balaban J connectivity index is 2.09.